The van der Waals surface area contributed by atoms with E-state index in [1.807, 2.05) is 26.2 Å². The van der Waals surface area contributed by atoms with Crippen molar-refractivity contribution in [2.45, 2.75) is 25.5 Å². The third-order valence-electron chi connectivity index (χ3n) is 3.76. The average molecular weight is 294 g/mol. The van der Waals surface area contributed by atoms with Crippen molar-refractivity contribution >= 4 is 0 Å². The first-order valence-electron chi connectivity index (χ1n) is 7.41. The van der Waals surface area contributed by atoms with Crippen molar-refractivity contribution in [3.8, 4) is 11.5 Å². The lowest BCUT2D eigenvalue weighted by Gasteiger charge is -2.21. The van der Waals surface area contributed by atoms with E-state index in [4.69, 9.17) is 9.47 Å². The molecule has 1 aromatic carbocycles. The molecule has 0 spiro atoms. The van der Waals surface area contributed by atoms with Crippen LogP contribution in [-0.4, -0.2) is 57.0 Å². The van der Waals surface area contributed by atoms with Gasteiger partial charge in [0.2, 0.25) is 0 Å². The van der Waals surface area contributed by atoms with E-state index in [0.29, 0.717) is 0 Å². The zero-order chi connectivity index (χ0) is 15.4. The Balaban J connectivity index is 2.18. The summed E-state index contributed by atoms with van der Waals surface area (Å²) in [5.74, 6) is 1.72. The molecule has 2 atom stereocenters. The molecule has 1 aliphatic rings. The van der Waals surface area contributed by atoms with Crippen molar-refractivity contribution < 1.29 is 14.6 Å². The highest BCUT2D eigenvalue weighted by molar-refractivity contribution is 5.50. The van der Waals surface area contributed by atoms with Crippen LogP contribution in [0, 0.1) is 0 Å². The number of nitrogens with zero attached hydrogens (tertiary/aromatic N) is 1. The summed E-state index contributed by atoms with van der Waals surface area (Å²) in [4.78, 5) is 2.10. The van der Waals surface area contributed by atoms with Gasteiger partial charge in [-0.2, -0.15) is 0 Å². The van der Waals surface area contributed by atoms with Gasteiger partial charge in [-0.25, -0.2) is 0 Å². The van der Waals surface area contributed by atoms with Crippen LogP contribution in [0.5, 0.6) is 11.5 Å². The molecule has 2 rings (SSSR count). The third-order valence-corrected chi connectivity index (χ3v) is 3.76. The van der Waals surface area contributed by atoms with Crippen molar-refractivity contribution in [2.75, 3.05) is 40.9 Å². The van der Waals surface area contributed by atoms with Crippen LogP contribution in [0.2, 0.25) is 0 Å². The largest absolute Gasteiger partial charge is 0.496 e. The molecule has 5 nitrogen and oxygen atoms in total. The normalized spacial score (nSPS) is 18.5. The van der Waals surface area contributed by atoms with Crippen LogP contribution in [0.15, 0.2) is 12.1 Å². The fraction of sp³-hybridized carbons (Fsp3) is 0.625. The van der Waals surface area contributed by atoms with Gasteiger partial charge in [0.1, 0.15) is 17.6 Å². The van der Waals surface area contributed by atoms with Crippen LogP contribution in [0.25, 0.3) is 0 Å². The molecule has 2 N–H and O–H groups in total. The second-order valence-corrected chi connectivity index (χ2v) is 5.83. The Labute approximate surface area is 126 Å². The van der Waals surface area contributed by atoms with Gasteiger partial charge in [-0.15, -0.1) is 0 Å². The smallest absolute Gasteiger partial charge is 0.124 e. The van der Waals surface area contributed by atoms with E-state index in [1.165, 1.54) is 5.56 Å². The van der Waals surface area contributed by atoms with Crippen molar-refractivity contribution in [1.82, 2.24) is 10.2 Å². The number of rotatable bonds is 7. The van der Waals surface area contributed by atoms with Crippen molar-refractivity contribution in [3.05, 3.63) is 23.3 Å². The van der Waals surface area contributed by atoms with Crippen LogP contribution in [0.1, 0.15) is 24.1 Å². The first-order chi connectivity index (χ1) is 10.0. The summed E-state index contributed by atoms with van der Waals surface area (Å²) in [6.07, 6.45) is 1.11. The van der Waals surface area contributed by atoms with Gasteiger partial charge in [-0.05, 0) is 33.2 Å². The van der Waals surface area contributed by atoms with Crippen LogP contribution in [0.3, 0.4) is 0 Å². The zero-order valence-corrected chi connectivity index (χ0v) is 13.3. The van der Waals surface area contributed by atoms with E-state index in [1.54, 1.807) is 7.11 Å². The van der Waals surface area contributed by atoms with Crippen molar-refractivity contribution in [1.29, 1.82) is 0 Å². The second-order valence-electron chi connectivity index (χ2n) is 5.83. The highest BCUT2D eigenvalue weighted by Crippen LogP contribution is 2.37. The molecule has 1 aliphatic heterocycles. The molecule has 0 saturated heterocycles. The van der Waals surface area contributed by atoms with Gasteiger partial charge in [0.15, 0.2) is 0 Å². The minimum Gasteiger partial charge on any atom is -0.496 e. The minimum atomic E-state index is -0.148. The summed E-state index contributed by atoms with van der Waals surface area (Å²) in [6.45, 7) is 3.80. The van der Waals surface area contributed by atoms with Crippen molar-refractivity contribution in [3.63, 3.8) is 0 Å². The van der Waals surface area contributed by atoms with Gasteiger partial charge >= 0.3 is 0 Å². The molecule has 118 valence electrons. The summed E-state index contributed by atoms with van der Waals surface area (Å²) in [5, 5.41) is 13.1. The zero-order valence-electron chi connectivity index (χ0n) is 13.3. The maximum atomic E-state index is 9.69. The molecule has 0 radical (unpaired) electrons. The number of fused-ring (bicyclic) bond motifs is 1. The molecule has 0 fully saturated rings. The summed E-state index contributed by atoms with van der Waals surface area (Å²) in [5.41, 5.74) is 2.12. The molecule has 2 unspecified atom stereocenters. The number of aliphatic hydroxyl groups excluding tert-OH is 1. The first-order valence-corrected chi connectivity index (χ1v) is 7.41. The quantitative estimate of drug-likeness (QED) is 0.791. The molecular weight excluding hydrogens is 268 g/mol. The number of aliphatic hydroxyl groups is 1. The minimum absolute atomic E-state index is 0.0259. The van der Waals surface area contributed by atoms with Crippen LogP contribution in [0.4, 0.5) is 0 Å². The number of hydrogen-bond donors (Lipinski definition) is 2. The average Bonchev–Trinajstić information content (AvgIpc) is 2.81. The highest BCUT2D eigenvalue weighted by Gasteiger charge is 2.24. The third kappa shape index (κ3) is 3.87. The van der Waals surface area contributed by atoms with Crippen molar-refractivity contribution in [2.24, 2.45) is 0 Å². The van der Waals surface area contributed by atoms with Crippen LogP contribution >= 0.6 is 0 Å². The molecule has 21 heavy (non-hydrogen) atoms. The molecule has 0 amide bonds. The van der Waals surface area contributed by atoms with E-state index in [0.717, 1.165) is 36.6 Å². The van der Waals surface area contributed by atoms with Gasteiger partial charge in [0.05, 0.1) is 19.8 Å². The predicted octanol–water partition coefficient (Wildman–Crippen LogP) is 1.20. The van der Waals surface area contributed by atoms with E-state index in [2.05, 4.69) is 17.1 Å². The van der Waals surface area contributed by atoms with E-state index >= 15 is 0 Å². The Bertz CT molecular complexity index is 477. The topological polar surface area (TPSA) is 54.0 Å². The standard InChI is InChI=1S/C16H26N2O3/c1-11-7-12-8-16(20-4)13(9-15(12)21-11)14(10-19)17-5-6-18(2)3/h8-9,11,14,17,19H,5-7,10H2,1-4H3. The Hall–Kier alpha value is -1.30. The molecular formula is C16H26N2O3. The maximum absolute atomic E-state index is 9.69. The number of nitrogens with one attached hydrogen (secondary N) is 1. The highest BCUT2D eigenvalue weighted by atomic mass is 16.5. The van der Waals surface area contributed by atoms with E-state index in [9.17, 15) is 5.11 Å². The number of benzene rings is 1. The Morgan fingerprint density at radius 2 is 2.24 bits per heavy atom. The number of methoxy groups -OCH3 is 1. The summed E-state index contributed by atoms with van der Waals surface area (Å²) >= 11 is 0. The number of ether oxygens (including phenoxy) is 2. The fourth-order valence-electron chi connectivity index (χ4n) is 2.64. The van der Waals surface area contributed by atoms with Gasteiger partial charge in [0, 0.05) is 30.6 Å². The monoisotopic (exact) mass is 294 g/mol. The lowest BCUT2D eigenvalue weighted by atomic mass is 10.0. The molecule has 1 heterocycles. The Morgan fingerprint density at radius 1 is 1.48 bits per heavy atom. The summed E-state index contributed by atoms with van der Waals surface area (Å²) in [7, 11) is 5.72. The predicted molar refractivity (Wildman–Crippen MR) is 83.2 cm³/mol. The molecule has 0 aromatic heterocycles. The Morgan fingerprint density at radius 3 is 2.86 bits per heavy atom. The number of likely N-dealkylation sites (N-methyl/N-ethyl adjacent to an activating group) is 1. The van der Waals surface area contributed by atoms with Gasteiger partial charge in [-0.3, -0.25) is 0 Å². The molecule has 0 saturated carbocycles. The second kappa shape index (κ2) is 7.11. The summed E-state index contributed by atoms with van der Waals surface area (Å²) < 4.78 is 11.3. The first kappa shape index (κ1) is 16.1. The SMILES string of the molecule is COc1cc2c(cc1C(CO)NCCN(C)C)OC(C)C2. The van der Waals surface area contributed by atoms with E-state index < -0.39 is 0 Å². The molecule has 0 bridgehead atoms. The summed E-state index contributed by atoms with van der Waals surface area (Å²) in [6, 6.07) is 3.88. The van der Waals surface area contributed by atoms with Crippen LogP contribution in [-0.2, 0) is 6.42 Å². The molecule has 1 aromatic rings. The van der Waals surface area contributed by atoms with Crippen LogP contribution < -0.4 is 14.8 Å². The molecule has 5 heteroatoms. The maximum Gasteiger partial charge on any atom is 0.124 e. The van der Waals surface area contributed by atoms with Gasteiger partial charge < -0.3 is 24.8 Å². The molecule has 0 aliphatic carbocycles. The number of hydrogen-bond acceptors (Lipinski definition) is 5. The Kier molecular flexibility index (Phi) is 5.45. The van der Waals surface area contributed by atoms with Gasteiger partial charge in [-0.1, -0.05) is 0 Å². The van der Waals surface area contributed by atoms with Gasteiger partial charge in [0.25, 0.3) is 0 Å². The van der Waals surface area contributed by atoms with E-state index in [-0.39, 0.29) is 18.8 Å². The lowest BCUT2D eigenvalue weighted by molar-refractivity contribution is 0.235. The fourth-order valence-corrected chi connectivity index (χ4v) is 2.64. The lowest BCUT2D eigenvalue weighted by Crippen LogP contribution is -2.31.